The Bertz CT molecular complexity index is 1060. The molecule has 0 aliphatic carbocycles. The smallest absolute Gasteiger partial charge is 0.410 e. The van der Waals surface area contributed by atoms with Crippen LogP contribution in [-0.4, -0.2) is 52.0 Å². The predicted molar refractivity (Wildman–Crippen MR) is 116 cm³/mol. The molecule has 1 unspecified atom stereocenters. The van der Waals surface area contributed by atoms with Crippen LogP contribution in [0.5, 0.6) is 0 Å². The molecule has 0 bridgehead atoms. The van der Waals surface area contributed by atoms with Gasteiger partial charge in [0, 0.05) is 30.7 Å². The van der Waals surface area contributed by atoms with Crippen molar-refractivity contribution >= 4 is 29.3 Å². The van der Waals surface area contributed by atoms with Crippen molar-refractivity contribution in [3.63, 3.8) is 0 Å². The molecule has 32 heavy (non-hydrogen) atoms. The van der Waals surface area contributed by atoms with Gasteiger partial charge in [0.1, 0.15) is 11.4 Å². The molecule has 10 heteroatoms. The Labute approximate surface area is 189 Å². The first-order valence-electron chi connectivity index (χ1n) is 9.94. The van der Waals surface area contributed by atoms with Crippen LogP contribution in [0.1, 0.15) is 42.7 Å². The van der Waals surface area contributed by atoms with E-state index in [0.717, 1.165) is 18.2 Å². The van der Waals surface area contributed by atoms with E-state index in [0.29, 0.717) is 10.6 Å². The minimum Gasteiger partial charge on any atom is -0.444 e. The van der Waals surface area contributed by atoms with Gasteiger partial charge < -0.3 is 14.5 Å². The van der Waals surface area contributed by atoms with E-state index in [1.165, 1.54) is 9.80 Å². The van der Waals surface area contributed by atoms with Gasteiger partial charge in [0.15, 0.2) is 0 Å². The molecule has 1 heterocycles. The number of nitro groups is 1. The van der Waals surface area contributed by atoms with E-state index < -0.39 is 40.1 Å². The number of ether oxygens (including phenoxy) is 1. The van der Waals surface area contributed by atoms with Crippen molar-refractivity contribution in [3.05, 3.63) is 74.5 Å². The predicted octanol–water partition coefficient (Wildman–Crippen LogP) is 4.82. The summed E-state index contributed by atoms with van der Waals surface area (Å²) in [6.45, 7) is 5.71. The number of benzene rings is 2. The Balaban J connectivity index is 1.93. The summed E-state index contributed by atoms with van der Waals surface area (Å²) in [7, 11) is 0. The van der Waals surface area contributed by atoms with Gasteiger partial charge in [-0.1, -0.05) is 23.7 Å². The maximum absolute atomic E-state index is 14.5. The van der Waals surface area contributed by atoms with Crippen LogP contribution in [0.4, 0.5) is 14.9 Å². The molecule has 8 nitrogen and oxygen atoms in total. The number of amides is 2. The third kappa shape index (κ3) is 5.34. The number of nitrogens with zero attached hydrogens (tertiary/aromatic N) is 3. The summed E-state index contributed by atoms with van der Waals surface area (Å²) >= 11 is 6.13. The monoisotopic (exact) mass is 463 g/mol. The van der Waals surface area contributed by atoms with Crippen molar-refractivity contribution in [1.82, 2.24) is 9.80 Å². The highest BCUT2D eigenvalue weighted by Crippen LogP contribution is 2.30. The Morgan fingerprint density at radius 3 is 2.50 bits per heavy atom. The molecule has 1 saturated heterocycles. The van der Waals surface area contributed by atoms with Crippen LogP contribution in [0.15, 0.2) is 42.5 Å². The third-order valence-electron chi connectivity index (χ3n) is 4.92. The van der Waals surface area contributed by atoms with Crippen LogP contribution in [-0.2, 0) is 4.74 Å². The Hall–Kier alpha value is -3.20. The summed E-state index contributed by atoms with van der Waals surface area (Å²) in [4.78, 5) is 38.9. The highest BCUT2D eigenvalue weighted by molar-refractivity contribution is 6.30. The lowest BCUT2D eigenvalue weighted by atomic mass is 10.0. The van der Waals surface area contributed by atoms with Gasteiger partial charge in [-0.15, -0.1) is 0 Å². The van der Waals surface area contributed by atoms with Crippen molar-refractivity contribution in [2.24, 2.45) is 0 Å². The highest BCUT2D eigenvalue weighted by Gasteiger charge is 2.36. The lowest BCUT2D eigenvalue weighted by Crippen LogP contribution is -2.53. The van der Waals surface area contributed by atoms with Crippen LogP contribution >= 0.6 is 11.6 Å². The first-order valence-corrected chi connectivity index (χ1v) is 10.3. The fraction of sp³-hybridized carbons (Fsp3) is 0.364. The quantitative estimate of drug-likeness (QED) is 0.480. The third-order valence-corrected chi connectivity index (χ3v) is 5.16. The second-order valence-corrected chi connectivity index (χ2v) is 8.85. The molecule has 2 aromatic rings. The molecule has 0 radical (unpaired) electrons. The number of non-ortho nitro benzene ring substituents is 1. The summed E-state index contributed by atoms with van der Waals surface area (Å²) in [5.41, 5.74) is -0.743. The summed E-state index contributed by atoms with van der Waals surface area (Å²) in [5, 5.41) is 11.3. The fourth-order valence-corrected chi connectivity index (χ4v) is 3.66. The first-order chi connectivity index (χ1) is 15.0. The molecule has 1 aliphatic rings. The van der Waals surface area contributed by atoms with Gasteiger partial charge in [0.05, 0.1) is 22.6 Å². The molecule has 2 amide bonds. The summed E-state index contributed by atoms with van der Waals surface area (Å²) in [6.07, 6.45) is -0.516. The minimum atomic E-state index is -0.983. The van der Waals surface area contributed by atoms with Gasteiger partial charge in [-0.05, 0) is 44.5 Å². The van der Waals surface area contributed by atoms with Crippen molar-refractivity contribution < 1.29 is 23.6 Å². The molecule has 170 valence electrons. The summed E-state index contributed by atoms with van der Waals surface area (Å²) < 4.78 is 20.0. The minimum absolute atomic E-state index is 0.117. The standard InChI is InChI=1S/C22H23ClFN3O5/c1-22(2,3)32-21(29)25-9-10-26(19(13-25)14-5-4-6-15(23)11-14)20(28)17-8-7-16(27(30)31)12-18(17)24/h4-8,11-12,19H,9-10,13H2,1-3H3. The van der Waals surface area contributed by atoms with Gasteiger partial charge in [-0.3, -0.25) is 14.9 Å². The molecular formula is C22H23ClFN3O5. The molecular weight excluding hydrogens is 441 g/mol. The summed E-state index contributed by atoms with van der Waals surface area (Å²) in [5.74, 6) is -1.62. The fourth-order valence-electron chi connectivity index (χ4n) is 3.46. The van der Waals surface area contributed by atoms with Gasteiger partial charge in [-0.25, -0.2) is 9.18 Å². The van der Waals surface area contributed by atoms with Crippen molar-refractivity contribution in [2.75, 3.05) is 19.6 Å². The molecule has 1 aliphatic heterocycles. The molecule has 3 rings (SSSR count). The molecule has 0 N–H and O–H groups in total. The number of rotatable bonds is 3. The zero-order chi connectivity index (χ0) is 23.6. The van der Waals surface area contributed by atoms with E-state index in [9.17, 15) is 24.1 Å². The normalized spacial score (nSPS) is 16.6. The maximum atomic E-state index is 14.5. The van der Waals surface area contributed by atoms with E-state index in [1.807, 2.05) is 0 Å². The van der Waals surface area contributed by atoms with E-state index in [4.69, 9.17) is 16.3 Å². The molecule has 0 aromatic heterocycles. The number of halogens is 2. The molecule has 0 saturated carbocycles. The number of carbonyl (C=O) groups excluding carboxylic acids is 2. The van der Waals surface area contributed by atoms with Crippen molar-refractivity contribution in [1.29, 1.82) is 0 Å². The molecule has 1 atom stereocenters. The number of carbonyl (C=O) groups is 2. The number of hydrogen-bond donors (Lipinski definition) is 0. The topological polar surface area (TPSA) is 93.0 Å². The average molecular weight is 464 g/mol. The molecule has 2 aromatic carbocycles. The Kier molecular flexibility index (Phi) is 6.68. The van der Waals surface area contributed by atoms with Crippen molar-refractivity contribution in [2.45, 2.75) is 32.4 Å². The molecule has 1 fully saturated rings. The number of piperazine rings is 1. The first kappa shape index (κ1) is 23.5. The van der Waals surface area contributed by atoms with E-state index in [1.54, 1.807) is 45.0 Å². The maximum Gasteiger partial charge on any atom is 0.410 e. The van der Waals surface area contributed by atoms with Crippen LogP contribution in [0.3, 0.4) is 0 Å². The van der Waals surface area contributed by atoms with Crippen molar-refractivity contribution in [3.8, 4) is 0 Å². The van der Waals surface area contributed by atoms with Gasteiger partial charge >= 0.3 is 6.09 Å². The van der Waals surface area contributed by atoms with Crippen LogP contribution in [0, 0.1) is 15.9 Å². The average Bonchev–Trinajstić information content (AvgIpc) is 2.71. The lowest BCUT2D eigenvalue weighted by Gasteiger charge is -2.42. The highest BCUT2D eigenvalue weighted by atomic mass is 35.5. The molecule has 0 spiro atoms. The number of hydrogen-bond acceptors (Lipinski definition) is 5. The Morgan fingerprint density at radius 2 is 1.91 bits per heavy atom. The van der Waals surface area contributed by atoms with Crippen LogP contribution in [0.2, 0.25) is 5.02 Å². The Morgan fingerprint density at radius 1 is 1.19 bits per heavy atom. The lowest BCUT2D eigenvalue weighted by molar-refractivity contribution is -0.385. The SMILES string of the molecule is CC(C)(C)OC(=O)N1CCN(C(=O)c2ccc([N+](=O)[O-])cc2F)C(c2cccc(Cl)c2)C1. The summed E-state index contributed by atoms with van der Waals surface area (Å²) in [6, 6.07) is 9.14. The van der Waals surface area contributed by atoms with Gasteiger partial charge in [-0.2, -0.15) is 0 Å². The van der Waals surface area contributed by atoms with Crippen LogP contribution in [0.25, 0.3) is 0 Å². The second-order valence-electron chi connectivity index (χ2n) is 8.42. The van der Waals surface area contributed by atoms with E-state index >= 15 is 0 Å². The van der Waals surface area contributed by atoms with E-state index in [2.05, 4.69) is 0 Å². The second kappa shape index (κ2) is 9.12. The largest absolute Gasteiger partial charge is 0.444 e. The van der Waals surface area contributed by atoms with Crippen LogP contribution < -0.4 is 0 Å². The van der Waals surface area contributed by atoms with Gasteiger partial charge in [0.25, 0.3) is 11.6 Å². The van der Waals surface area contributed by atoms with E-state index in [-0.39, 0.29) is 25.2 Å². The van der Waals surface area contributed by atoms with Gasteiger partial charge in [0.2, 0.25) is 0 Å². The number of nitro benzene ring substituents is 1. The zero-order valence-corrected chi connectivity index (χ0v) is 18.6. The zero-order valence-electron chi connectivity index (χ0n) is 17.9.